The molecule has 2 aromatic rings. The summed E-state index contributed by atoms with van der Waals surface area (Å²) in [6, 6.07) is 4.82. The van der Waals surface area contributed by atoms with E-state index in [0.29, 0.717) is 11.4 Å². The number of hydrogen-bond donors (Lipinski definition) is 1. The average Bonchev–Trinajstić information content (AvgIpc) is 2.83. The Morgan fingerprint density at radius 3 is 2.55 bits per heavy atom. The molecule has 1 unspecified atom stereocenters. The Balaban J connectivity index is 2.44. The average molecular weight is 318 g/mol. The number of benzene rings is 1. The molecule has 0 saturated heterocycles. The molecule has 0 aliphatic carbocycles. The smallest absolute Gasteiger partial charge is 0.226 e. The molecule has 0 saturated carbocycles. The van der Waals surface area contributed by atoms with Gasteiger partial charge in [0, 0.05) is 19.4 Å². The number of aryl methyl sites for hydroxylation is 1. The van der Waals surface area contributed by atoms with Crippen molar-refractivity contribution in [3.05, 3.63) is 53.9 Å². The van der Waals surface area contributed by atoms with E-state index in [2.05, 4.69) is 9.71 Å². The molecule has 0 radical (unpaired) electrons. The zero-order chi connectivity index (χ0) is 14.8. The number of alkyl halides is 1. The molecule has 1 N–H and O–H groups in total. The van der Waals surface area contributed by atoms with Gasteiger partial charge in [-0.25, -0.2) is 17.8 Å². The lowest BCUT2D eigenvalue weighted by atomic mass is 10.1. The second-order valence-electron chi connectivity index (χ2n) is 4.22. The van der Waals surface area contributed by atoms with Gasteiger partial charge in [0.05, 0.1) is 0 Å². The highest BCUT2D eigenvalue weighted by Crippen LogP contribution is 2.22. The molecular formula is C12H13ClFN3O2S. The first-order valence-corrected chi connectivity index (χ1v) is 7.90. The van der Waals surface area contributed by atoms with Gasteiger partial charge in [-0.3, -0.25) is 0 Å². The molecule has 0 spiro atoms. The summed E-state index contributed by atoms with van der Waals surface area (Å²) in [7, 11) is -1.91. The molecule has 8 heteroatoms. The minimum atomic E-state index is -3.65. The number of nitrogens with zero attached hydrogens (tertiary/aromatic N) is 2. The van der Waals surface area contributed by atoms with Crippen LogP contribution in [0, 0.1) is 5.82 Å². The van der Waals surface area contributed by atoms with Crippen molar-refractivity contribution in [1.29, 1.82) is 0 Å². The minimum Gasteiger partial charge on any atom is -0.336 e. The maximum atomic E-state index is 13.0. The number of aromatic nitrogens is 2. The summed E-state index contributed by atoms with van der Waals surface area (Å²) in [6.45, 7) is 0. The molecule has 1 atom stereocenters. The largest absolute Gasteiger partial charge is 0.336 e. The maximum absolute atomic E-state index is 13.0. The Kier molecular flexibility index (Phi) is 4.42. The van der Waals surface area contributed by atoms with Crippen molar-refractivity contribution in [2.75, 3.05) is 5.21 Å². The Morgan fingerprint density at radius 2 is 2.05 bits per heavy atom. The molecule has 1 heterocycles. The van der Waals surface area contributed by atoms with Gasteiger partial charge in [0.15, 0.2) is 0 Å². The Hall–Kier alpha value is -1.44. The van der Waals surface area contributed by atoms with E-state index in [1.54, 1.807) is 24.0 Å². The zero-order valence-corrected chi connectivity index (χ0v) is 12.2. The first kappa shape index (κ1) is 15.0. The predicted octanol–water partition coefficient (Wildman–Crippen LogP) is 1.76. The standard InChI is InChI=1S/C12H13ClFN3O2S/c1-17-7-6-15-12(17)11(16-20(18,19)8-13)9-2-4-10(14)5-3-9/h2-7,11,16H,8H2,1H3. The summed E-state index contributed by atoms with van der Waals surface area (Å²) in [5.41, 5.74) is 0.578. The van der Waals surface area contributed by atoms with Crippen LogP contribution in [0.4, 0.5) is 4.39 Å². The van der Waals surface area contributed by atoms with E-state index in [-0.39, 0.29) is 0 Å². The van der Waals surface area contributed by atoms with Gasteiger partial charge in [-0.15, -0.1) is 11.6 Å². The highest BCUT2D eigenvalue weighted by atomic mass is 35.5. The quantitative estimate of drug-likeness (QED) is 0.855. The van der Waals surface area contributed by atoms with E-state index in [4.69, 9.17) is 11.6 Å². The van der Waals surface area contributed by atoms with Crippen LogP contribution < -0.4 is 4.72 Å². The van der Waals surface area contributed by atoms with Crippen LogP contribution in [-0.2, 0) is 17.1 Å². The van der Waals surface area contributed by atoms with Gasteiger partial charge in [-0.1, -0.05) is 12.1 Å². The van der Waals surface area contributed by atoms with Crippen LogP contribution in [0.1, 0.15) is 17.4 Å². The lowest BCUT2D eigenvalue weighted by Crippen LogP contribution is -2.31. The Labute approximate surface area is 121 Å². The molecule has 1 aromatic heterocycles. The molecule has 0 bridgehead atoms. The second kappa shape index (κ2) is 5.90. The van der Waals surface area contributed by atoms with Crippen molar-refractivity contribution in [2.24, 2.45) is 7.05 Å². The maximum Gasteiger partial charge on any atom is 0.226 e. The summed E-state index contributed by atoms with van der Waals surface area (Å²) >= 11 is 5.41. The summed E-state index contributed by atoms with van der Waals surface area (Å²) in [5.74, 6) is 0.0952. The Bertz CT molecular complexity index is 685. The lowest BCUT2D eigenvalue weighted by molar-refractivity contribution is 0.566. The van der Waals surface area contributed by atoms with Crippen LogP contribution in [0.3, 0.4) is 0 Å². The molecule has 0 aliphatic rings. The van der Waals surface area contributed by atoms with Crippen molar-refractivity contribution in [1.82, 2.24) is 14.3 Å². The third-order valence-corrected chi connectivity index (χ3v) is 4.50. The number of imidazole rings is 1. The SMILES string of the molecule is Cn1ccnc1C(NS(=O)(=O)CCl)c1ccc(F)cc1. The normalized spacial score (nSPS) is 13.3. The van der Waals surface area contributed by atoms with Crippen LogP contribution >= 0.6 is 11.6 Å². The molecular weight excluding hydrogens is 305 g/mol. The minimum absolute atomic E-state index is 0.396. The van der Waals surface area contributed by atoms with Crippen molar-refractivity contribution in [3.8, 4) is 0 Å². The second-order valence-corrected chi connectivity index (χ2v) is 6.56. The van der Waals surface area contributed by atoms with Gasteiger partial charge in [0.25, 0.3) is 0 Å². The van der Waals surface area contributed by atoms with Crippen LogP contribution in [0.5, 0.6) is 0 Å². The number of sulfonamides is 1. The fraction of sp³-hybridized carbons (Fsp3) is 0.250. The van der Waals surface area contributed by atoms with E-state index in [9.17, 15) is 12.8 Å². The third-order valence-electron chi connectivity index (χ3n) is 2.76. The van der Waals surface area contributed by atoms with E-state index in [0.717, 1.165) is 0 Å². The molecule has 0 amide bonds. The molecule has 0 aliphatic heterocycles. The zero-order valence-electron chi connectivity index (χ0n) is 10.6. The molecule has 1 aromatic carbocycles. The van der Waals surface area contributed by atoms with Gasteiger partial charge in [-0.05, 0) is 17.7 Å². The summed E-state index contributed by atoms with van der Waals surface area (Å²) < 4.78 is 40.5. The van der Waals surface area contributed by atoms with Crippen molar-refractivity contribution >= 4 is 21.6 Å². The number of hydrogen-bond acceptors (Lipinski definition) is 3. The van der Waals surface area contributed by atoms with E-state index < -0.39 is 27.1 Å². The number of rotatable bonds is 5. The monoisotopic (exact) mass is 317 g/mol. The lowest BCUT2D eigenvalue weighted by Gasteiger charge is -2.18. The fourth-order valence-electron chi connectivity index (χ4n) is 1.79. The Morgan fingerprint density at radius 1 is 1.40 bits per heavy atom. The van der Waals surface area contributed by atoms with Gasteiger partial charge in [0.1, 0.15) is 22.9 Å². The summed E-state index contributed by atoms with van der Waals surface area (Å²) in [5, 5.41) is -0.560. The van der Waals surface area contributed by atoms with Gasteiger partial charge in [0.2, 0.25) is 10.0 Å². The highest BCUT2D eigenvalue weighted by molar-refractivity contribution is 7.90. The first-order valence-electron chi connectivity index (χ1n) is 5.71. The first-order chi connectivity index (χ1) is 9.43. The summed E-state index contributed by atoms with van der Waals surface area (Å²) in [4.78, 5) is 4.13. The number of nitrogens with one attached hydrogen (secondary N) is 1. The van der Waals surface area contributed by atoms with Gasteiger partial charge >= 0.3 is 0 Å². The van der Waals surface area contributed by atoms with Crippen LogP contribution in [-0.4, -0.2) is 23.2 Å². The number of halogens is 2. The van der Waals surface area contributed by atoms with Crippen LogP contribution in [0.15, 0.2) is 36.7 Å². The molecule has 108 valence electrons. The third kappa shape index (κ3) is 3.36. The van der Waals surface area contributed by atoms with Gasteiger partial charge in [-0.2, -0.15) is 4.72 Å². The van der Waals surface area contributed by atoms with Crippen LogP contribution in [0.25, 0.3) is 0 Å². The van der Waals surface area contributed by atoms with Crippen molar-refractivity contribution in [3.63, 3.8) is 0 Å². The molecule has 0 fully saturated rings. The highest BCUT2D eigenvalue weighted by Gasteiger charge is 2.23. The van der Waals surface area contributed by atoms with E-state index in [1.165, 1.54) is 24.3 Å². The van der Waals surface area contributed by atoms with Gasteiger partial charge < -0.3 is 4.57 Å². The van der Waals surface area contributed by atoms with E-state index in [1.807, 2.05) is 0 Å². The van der Waals surface area contributed by atoms with Crippen molar-refractivity contribution in [2.45, 2.75) is 6.04 Å². The van der Waals surface area contributed by atoms with Crippen LogP contribution in [0.2, 0.25) is 0 Å². The molecule has 2 rings (SSSR count). The predicted molar refractivity (Wildman–Crippen MR) is 74.2 cm³/mol. The fourth-order valence-corrected chi connectivity index (χ4v) is 2.64. The molecule has 20 heavy (non-hydrogen) atoms. The van der Waals surface area contributed by atoms with Crippen molar-refractivity contribution < 1.29 is 12.8 Å². The summed E-state index contributed by atoms with van der Waals surface area (Å²) in [6.07, 6.45) is 3.25. The molecule has 5 nitrogen and oxygen atoms in total. The van der Waals surface area contributed by atoms with E-state index >= 15 is 0 Å². The topological polar surface area (TPSA) is 64.0 Å².